The van der Waals surface area contributed by atoms with Crippen LogP contribution in [0.15, 0.2) is 91.1 Å². The second-order valence-corrected chi connectivity index (χ2v) is 29.8. The van der Waals surface area contributed by atoms with E-state index < -0.39 is 85.9 Å². The monoisotopic (exact) mass is 1410 g/mol. The molecule has 4 saturated carbocycles. The second kappa shape index (κ2) is 29.8. The molecule has 4 bridgehead atoms. The lowest BCUT2D eigenvalue weighted by Gasteiger charge is -2.69. The SMILES string of the molecule is Cc1c(-c2ccc(N3CCc4cccc(C(=O)Nc5nc6ccccc6s5)c4C3)nc2C(=O)O)cnn1CC12CC3(C)CC(C)(C1)CC(OCCN(CC[C@@H](O)[C@H](O)[C@H](O)CO)C(=O)OCc1ccc(CCCCNC(=O)CN4CC=CC4=O)cc1O[C@@H]1O[C@H](C(=O)O)[C@@H](O)[C@H](O)[C@H]1O)(C3)C2. The van der Waals surface area contributed by atoms with Crippen LogP contribution in [0.2, 0.25) is 0 Å². The molecule has 3 aromatic heterocycles. The van der Waals surface area contributed by atoms with E-state index in [-0.39, 0.29) is 83.6 Å². The van der Waals surface area contributed by atoms with Crippen molar-refractivity contribution in [3.05, 3.63) is 130 Å². The molecule has 10 atom stereocenters. The lowest BCUT2D eigenvalue weighted by molar-refractivity contribution is -0.271. The number of ether oxygens (including phenoxy) is 4. The third-order valence-electron chi connectivity index (χ3n) is 20.7. The zero-order chi connectivity index (χ0) is 71.7. The number of rotatable bonds is 29. The van der Waals surface area contributed by atoms with Crippen LogP contribution in [0.3, 0.4) is 0 Å². The Labute approximate surface area is 586 Å². The van der Waals surface area contributed by atoms with Crippen molar-refractivity contribution in [2.75, 3.05) is 62.7 Å². The highest BCUT2D eigenvalue weighted by Crippen LogP contribution is 2.72. The maximum atomic E-state index is 14.5. The average Bonchev–Trinajstić information content (AvgIpc) is 1.20. The number of carboxylic acid groups (broad SMARTS) is 2. The lowest BCUT2D eigenvalue weighted by Crippen LogP contribution is -2.64. The fraction of sp³-hybridized carbons (Fsp3) is 0.514. The van der Waals surface area contributed by atoms with E-state index in [0.29, 0.717) is 98.0 Å². The summed E-state index contributed by atoms with van der Waals surface area (Å²) in [5.41, 5.74) is 4.37. The summed E-state index contributed by atoms with van der Waals surface area (Å²) < 4.78 is 27.5. The van der Waals surface area contributed by atoms with Crippen molar-refractivity contribution < 1.29 is 93.7 Å². The van der Waals surface area contributed by atoms with Gasteiger partial charge in [0.25, 0.3) is 5.91 Å². The van der Waals surface area contributed by atoms with Crippen molar-refractivity contribution in [3.63, 3.8) is 0 Å². The summed E-state index contributed by atoms with van der Waals surface area (Å²) in [5.74, 6) is -3.26. The molecule has 7 aliphatic rings. The van der Waals surface area contributed by atoms with Gasteiger partial charge in [-0.1, -0.05) is 67.7 Å². The molecule has 6 heterocycles. The van der Waals surface area contributed by atoms with Gasteiger partial charge in [0, 0.05) is 79.8 Å². The number of carboxylic acids is 2. The minimum Gasteiger partial charge on any atom is -0.479 e. The van der Waals surface area contributed by atoms with Gasteiger partial charge in [-0.15, -0.1) is 0 Å². The summed E-state index contributed by atoms with van der Waals surface area (Å²) in [6, 6.07) is 21.8. The highest BCUT2D eigenvalue weighted by atomic mass is 32.1. The fourth-order valence-corrected chi connectivity index (χ4v) is 17.8. The molecule has 29 heteroatoms. The molecule has 540 valence electrons. The summed E-state index contributed by atoms with van der Waals surface area (Å²) in [6.07, 6.45) is -4.23. The Kier molecular flexibility index (Phi) is 21.4. The van der Waals surface area contributed by atoms with Crippen LogP contribution in [-0.4, -0.2) is 218 Å². The standard InChI is InChI=1S/C72H87N9O19S/c1-41-47(45-18-19-54(76-57(45)64(92)93)79-24-20-43-11-8-12-46(48(43)30-79)63(91)77-67-75-49-13-4-5-14-53(49)101-67)29-74-81(41)40-71-35-69(2)34-70(3,36-71)38-72(37-69,39-71)98-27-26-78(25-21-50(83)58(87)51(84)32-82)68(96)97-33-44-17-16-42(10-6-7-22-73-55(85)31-80-23-9-15-56(80)86)28-52(44)99-66-61(90)59(88)60(89)62(100-66)65(94)95/h4-5,8-9,11-19,28-29,50-51,58-62,66,82-84,87-90H,6-7,10,20-27,30-40H2,1-3H3,(H,73,85)(H,92,93)(H,94,95)(H,75,77,91)/t50-,51-,58+,59+,60+,61-,62+,66-,69?,70?,71?,72?/m1/s1. The van der Waals surface area contributed by atoms with Gasteiger partial charge in [0.15, 0.2) is 16.9 Å². The van der Waals surface area contributed by atoms with Crippen LogP contribution in [-0.2, 0) is 61.1 Å². The number of nitrogens with zero attached hydrogens (tertiary/aromatic N) is 7. The molecule has 28 nitrogen and oxygen atoms in total. The number of fused-ring (bicyclic) bond motifs is 2. The third kappa shape index (κ3) is 15.9. The number of carbonyl (C=O) groups excluding carboxylic acids is 4. The summed E-state index contributed by atoms with van der Waals surface area (Å²) in [5, 5.41) is 105. The first-order chi connectivity index (χ1) is 48.2. The average molecular weight is 1410 g/mol. The molecule has 6 aromatic rings. The highest BCUT2D eigenvalue weighted by molar-refractivity contribution is 7.22. The number of anilines is 2. The van der Waals surface area contributed by atoms with Crippen molar-refractivity contribution in [2.24, 2.45) is 16.2 Å². The van der Waals surface area contributed by atoms with Crippen LogP contribution in [0.1, 0.15) is 120 Å². The predicted molar refractivity (Wildman–Crippen MR) is 365 cm³/mol. The minimum absolute atomic E-state index is 0.00476. The fourth-order valence-electron chi connectivity index (χ4n) is 16.9. The lowest BCUT2D eigenvalue weighted by atomic mass is 9.39. The maximum Gasteiger partial charge on any atom is 0.410 e. The molecule has 4 aliphatic carbocycles. The molecule has 5 fully saturated rings. The van der Waals surface area contributed by atoms with Gasteiger partial charge in [-0.25, -0.2) is 24.4 Å². The van der Waals surface area contributed by atoms with Gasteiger partial charge in [-0.05, 0) is 147 Å². The van der Waals surface area contributed by atoms with Gasteiger partial charge < -0.3 is 84.9 Å². The topological polar surface area (TPSA) is 399 Å². The van der Waals surface area contributed by atoms with Gasteiger partial charge >= 0.3 is 18.0 Å². The molecule has 11 N–H and O–H groups in total. The van der Waals surface area contributed by atoms with E-state index >= 15 is 0 Å². The van der Waals surface area contributed by atoms with Gasteiger partial charge in [0.05, 0.1) is 41.3 Å². The number of benzene rings is 3. The molecule has 13 rings (SSSR count). The first-order valence-corrected chi connectivity index (χ1v) is 35.0. The number of nitrogens with one attached hydrogen (secondary N) is 2. The van der Waals surface area contributed by atoms with E-state index in [4.69, 9.17) is 29.0 Å². The summed E-state index contributed by atoms with van der Waals surface area (Å²) in [4.78, 5) is 92.1. The number of hydrogen-bond acceptors (Lipinski definition) is 22. The van der Waals surface area contributed by atoms with Gasteiger partial charge in [0.1, 0.15) is 55.2 Å². The number of amides is 4. The number of hydrogen-bond donors (Lipinski definition) is 11. The molecule has 101 heavy (non-hydrogen) atoms. The normalized spacial score (nSPS) is 26.0. The Balaban J connectivity index is 0.727. The summed E-state index contributed by atoms with van der Waals surface area (Å²) >= 11 is 1.39. The Hall–Kier alpha value is -8.49. The Morgan fingerprint density at radius 2 is 1.64 bits per heavy atom. The van der Waals surface area contributed by atoms with Gasteiger partial charge in [0.2, 0.25) is 18.1 Å². The maximum absolute atomic E-state index is 14.5. The molecule has 1 saturated heterocycles. The van der Waals surface area contributed by atoms with Crippen LogP contribution in [0.4, 0.5) is 15.7 Å². The number of para-hydroxylation sites is 1. The summed E-state index contributed by atoms with van der Waals surface area (Å²) in [7, 11) is 0. The Bertz CT molecular complexity index is 4070. The number of aliphatic hydroxyl groups is 7. The first kappa shape index (κ1) is 72.3. The Morgan fingerprint density at radius 3 is 2.38 bits per heavy atom. The smallest absolute Gasteiger partial charge is 0.410 e. The van der Waals surface area contributed by atoms with Gasteiger partial charge in [-0.3, -0.25) is 24.4 Å². The zero-order valence-electron chi connectivity index (χ0n) is 56.5. The van der Waals surface area contributed by atoms with E-state index in [0.717, 1.165) is 59.1 Å². The Morgan fingerprint density at radius 1 is 0.861 bits per heavy atom. The van der Waals surface area contributed by atoms with Crippen LogP contribution in [0, 0.1) is 23.2 Å². The number of thiazole rings is 1. The number of carbonyl (C=O) groups is 6. The molecule has 4 amide bonds. The number of aliphatic carboxylic acids is 1. The number of pyridine rings is 1. The van der Waals surface area contributed by atoms with Crippen LogP contribution >= 0.6 is 11.3 Å². The van der Waals surface area contributed by atoms with E-state index in [1.807, 2.05) is 59.0 Å². The quantitative estimate of drug-likeness (QED) is 0.0283. The number of aromatic carboxylic acids is 1. The number of aliphatic hydroxyl groups excluding tert-OH is 7. The van der Waals surface area contributed by atoms with E-state index in [1.165, 1.54) is 27.2 Å². The molecule has 2 unspecified atom stereocenters. The molecular weight excluding hydrogens is 1330 g/mol. The molecular formula is C72H87N9O19S. The van der Waals surface area contributed by atoms with E-state index in [2.05, 4.69) is 29.5 Å². The van der Waals surface area contributed by atoms with Crippen molar-refractivity contribution >= 4 is 68.3 Å². The van der Waals surface area contributed by atoms with Crippen LogP contribution in [0.25, 0.3) is 21.3 Å². The highest BCUT2D eigenvalue weighted by Gasteiger charge is 2.66. The molecule has 3 aliphatic heterocycles. The van der Waals surface area contributed by atoms with E-state index in [1.54, 1.807) is 42.6 Å². The zero-order valence-corrected chi connectivity index (χ0v) is 57.3. The second-order valence-electron chi connectivity index (χ2n) is 28.8. The van der Waals surface area contributed by atoms with Crippen molar-refractivity contribution in [2.45, 2.75) is 166 Å². The minimum atomic E-state index is -2.00. The van der Waals surface area contributed by atoms with Crippen molar-refractivity contribution in [1.29, 1.82) is 0 Å². The van der Waals surface area contributed by atoms with Gasteiger partial charge in [-0.2, -0.15) is 5.10 Å². The molecule has 0 spiro atoms. The molecule has 0 radical (unpaired) electrons. The summed E-state index contributed by atoms with van der Waals surface area (Å²) in [6.45, 7) is 6.84. The largest absolute Gasteiger partial charge is 0.479 e. The number of aromatic nitrogens is 4. The van der Waals surface area contributed by atoms with Crippen LogP contribution in [0.5, 0.6) is 5.75 Å². The van der Waals surface area contributed by atoms with Crippen molar-refractivity contribution in [1.82, 2.24) is 34.9 Å². The molecule has 3 aromatic carbocycles. The van der Waals surface area contributed by atoms with E-state index in [9.17, 15) is 74.7 Å². The number of aryl methyl sites for hydroxylation is 1. The number of unbranched alkanes of at least 4 members (excludes halogenated alkanes) is 1. The predicted octanol–water partition coefficient (Wildman–Crippen LogP) is 4.72. The third-order valence-corrected chi connectivity index (χ3v) is 21.6. The van der Waals surface area contributed by atoms with Crippen molar-refractivity contribution in [3.8, 4) is 16.9 Å². The first-order valence-electron chi connectivity index (χ1n) is 34.2. The van der Waals surface area contributed by atoms with Crippen LogP contribution < -0.4 is 20.3 Å².